The summed E-state index contributed by atoms with van der Waals surface area (Å²) in [6, 6.07) is 0. The summed E-state index contributed by atoms with van der Waals surface area (Å²) >= 11 is 0. The largest absolute Gasteiger partial charge is 0.258 e. The van der Waals surface area contributed by atoms with Crippen LogP contribution in [0.25, 0.3) is 0 Å². The molecule has 0 spiro atoms. The van der Waals surface area contributed by atoms with Gasteiger partial charge in [0, 0.05) is 12.4 Å². The van der Waals surface area contributed by atoms with Gasteiger partial charge in [-0.25, -0.2) is 0 Å². The third-order valence-electron chi connectivity index (χ3n) is 5.52. The molecule has 0 saturated heterocycles. The van der Waals surface area contributed by atoms with Gasteiger partial charge in [0.15, 0.2) is 0 Å². The predicted molar refractivity (Wildman–Crippen MR) is 73.3 cm³/mol. The highest BCUT2D eigenvalue weighted by Gasteiger charge is 2.45. The van der Waals surface area contributed by atoms with E-state index in [1.165, 1.54) is 50.6 Å². The molecule has 2 heteroatoms. The summed E-state index contributed by atoms with van der Waals surface area (Å²) in [7, 11) is 0. The van der Waals surface area contributed by atoms with E-state index in [1.807, 2.05) is 19.3 Å². The van der Waals surface area contributed by atoms with Gasteiger partial charge in [-0.3, -0.25) is 9.97 Å². The third kappa shape index (κ3) is 2.30. The van der Waals surface area contributed by atoms with E-state index >= 15 is 0 Å². The first-order valence-electron chi connectivity index (χ1n) is 7.37. The van der Waals surface area contributed by atoms with Crippen LogP contribution in [0.1, 0.15) is 63.3 Å². The highest BCUT2D eigenvalue weighted by molar-refractivity contribution is 5.03. The lowest BCUT2D eigenvalue weighted by Gasteiger charge is -2.52. The molecule has 3 saturated carbocycles. The van der Waals surface area contributed by atoms with Crippen molar-refractivity contribution in [3.63, 3.8) is 0 Å². The Morgan fingerprint density at radius 1 is 1.00 bits per heavy atom. The van der Waals surface area contributed by atoms with Crippen LogP contribution < -0.4 is 0 Å². The van der Waals surface area contributed by atoms with Gasteiger partial charge in [0.25, 0.3) is 0 Å². The monoisotopic (exact) mass is 244 g/mol. The quantitative estimate of drug-likeness (QED) is 0.800. The summed E-state index contributed by atoms with van der Waals surface area (Å²) in [5.41, 5.74) is 3.52. The highest BCUT2D eigenvalue weighted by Crippen LogP contribution is 2.58. The van der Waals surface area contributed by atoms with Crippen molar-refractivity contribution < 1.29 is 0 Å². The van der Waals surface area contributed by atoms with Gasteiger partial charge in [-0.1, -0.05) is 6.92 Å². The Morgan fingerprint density at radius 2 is 1.67 bits per heavy atom. The number of aryl methyl sites for hydroxylation is 2. The molecule has 1 aromatic rings. The van der Waals surface area contributed by atoms with E-state index in [9.17, 15) is 0 Å². The minimum atomic E-state index is 0.643. The SMILES string of the molecule is Cc1cnc(CCC23CCC(C)(CC2)CC3)cn1. The van der Waals surface area contributed by atoms with Gasteiger partial charge in [0.05, 0.1) is 11.4 Å². The summed E-state index contributed by atoms with van der Waals surface area (Å²) in [6.07, 6.45) is 15.0. The molecule has 2 bridgehead atoms. The molecule has 18 heavy (non-hydrogen) atoms. The summed E-state index contributed by atoms with van der Waals surface area (Å²) in [5, 5.41) is 0. The van der Waals surface area contributed by atoms with Crippen molar-refractivity contribution in [1.82, 2.24) is 9.97 Å². The second kappa shape index (κ2) is 4.32. The van der Waals surface area contributed by atoms with Gasteiger partial charge < -0.3 is 0 Å². The smallest absolute Gasteiger partial charge is 0.0587 e. The van der Waals surface area contributed by atoms with Crippen LogP contribution in [0.4, 0.5) is 0 Å². The zero-order chi connectivity index (χ0) is 12.6. The average molecular weight is 244 g/mol. The minimum Gasteiger partial charge on any atom is -0.258 e. The fourth-order valence-electron chi connectivity index (χ4n) is 3.77. The van der Waals surface area contributed by atoms with E-state index in [2.05, 4.69) is 16.9 Å². The van der Waals surface area contributed by atoms with E-state index in [-0.39, 0.29) is 0 Å². The Hall–Kier alpha value is -0.920. The van der Waals surface area contributed by atoms with Crippen LogP contribution in [0.5, 0.6) is 0 Å². The lowest BCUT2D eigenvalue weighted by atomic mass is 9.53. The maximum Gasteiger partial charge on any atom is 0.0587 e. The average Bonchev–Trinajstić information content (AvgIpc) is 2.40. The first kappa shape index (κ1) is 12.1. The molecule has 3 aliphatic carbocycles. The van der Waals surface area contributed by atoms with Crippen LogP contribution in [0.3, 0.4) is 0 Å². The molecule has 0 amide bonds. The summed E-state index contributed by atoms with van der Waals surface area (Å²) in [4.78, 5) is 8.84. The van der Waals surface area contributed by atoms with E-state index < -0.39 is 0 Å². The Morgan fingerprint density at radius 3 is 2.22 bits per heavy atom. The molecular weight excluding hydrogens is 220 g/mol. The Labute approximate surface area is 110 Å². The zero-order valence-electron chi connectivity index (χ0n) is 11.7. The predicted octanol–water partition coefficient (Wildman–Crippen LogP) is 4.08. The Kier molecular flexibility index (Phi) is 2.91. The van der Waals surface area contributed by atoms with E-state index in [4.69, 9.17) is 0 Å². The van der Waals surface area contributed by atoms with Crippen LogP contribution in [0, 0.1) is 17.8 Å². The van der Waals surface area contributed by atoms with Crippen LogP contribution >= 0.6 is 0 Å². The molecule has 98 valence electrons. The molecule has 0 unspecified atom stereocenters. The van der Waals surface area contributed by atoms with Crippen molar-refractivity contribution in [2.24, 2.45) is 10.8 Å². The number of fused-ring (bicyclic) bond motifs is 3. The lowest BCUT2D eigenvalue weighted by Crippen LogP contribution is -2.40. The molecule has 0 aliphatic heterocycles. The lowest BCUT2D eigenvalue weighted by molar-refractivity contribution is -0.00242. The van der Waals surface area contributed by atoms with E-state index in [0.717, 1.165) is 12.1 Å². The van der Waals surface area contributed by atoms with Crippen molar-refractivity contribution in [2.45, 2.75) is 65.2 Å². The van der Waals surface area contributed by atoms with Gasteiger partial charge in [-0.15, -0.1) is 0 Å². The molecule has 0 radical (unpaired) electrons. The normalized spacial score (nSPS) is 34.8. The molecule has 1 aromatic heterocycles. The summed E-state index contributed by atoms with van der Waals surface area (Å²) in [6.45, 7) is 4.49. The molecule has 4 rings (SSSR count). The zero-order valence-corrected chi connectivity index (χ0v) is 11.7. The van der Waals surface area contributed by atoms with Crippen molar-refractivity contribution in [3.05, 3.63) is 23.8 Å². The van der Waals surface area contributed by atoms with Crippen LogP contribution in [0.15, 0.2) is 12.4 Å². The minimum absolute atomic E-state index is 0.643. The van der Waals surface area contributed by atoms with Gasteiger partial charge >= 0.3 is 0 Å². The summed E-state index contributed by atoms with van der Waals surface area (Å²) in [5.74, 6) is 0. The Bertz CT molecular complexity index is 397. The second-order valence-corrected chi connectivity index (χ2v) is 6.96. The van der Waals surface area contributed by atoms with Gasteiger partial charge in [0.2, 0.25) is 0 Å². The fraction of sp³-hybridized carbons (Fsp3) is 0.750. The maximum atomic E-state index is 4.49. The Balaban J connectivity index is 1.62. The number of nitrogens with zero attached hydrogens (tertiary/aromatic N) is 2. The molecular formula is C16H24N2. The highest BCUT2D eigenvalue weighted by atomic mass is 14.8. The van der Waals surface area contributed by atoms with Crippen LogP contribution in [-0.2, 0) is 6.42 Å². The molecule has 0 aromatic carbocycles. The fourth-order valence-corrected chi connectivity index (χ4v) is 3.77. The van der Waals surface area contributed by atoms with Crippen molar-refractivity contribution in [1.29, 1.82) is 0 Å². The van der Waals surface area contributed by atoms with E-state index in [1.54, 1.807) is 0 Å². The number of aromatic nitrogens is 2. The number of hydrogen-bond acceptors (Lipinski definition) is 2. The van der Waals surface area contributed by atoms with Gasteiger partial charge in [-0.05, 0) is 69.1 Å². The van der Waals surface area contributed by atoms with Gasteiger partial charge in [0.1, 0.15) is 0 Å². The molecule has 0 N–H and O–H groups in total. The van der Waals surface area contributed by atoms with E-state index in [0.29, 0.717) is 10.8 Å². The van der Waals surface area contributed by atoms with Crippen LogP contribution in [-0.4, -0.2) is 9.97 Å². The molecule has 0 atom stereocenters. The number of hydrogen-bond donors (Lipinski definition) is 0. The van der Waals surface area contributed by atoms with Crippen molar-refractivity contribution >= 4 is 0 Å². The molecule has 2 nitrogen and oxygen atoms in total. The second-order valence-electron chi connectivity index (χ2n) is 6.96. The van der Waals surface area contributed by atoms with Crippen molar-refractivity contribution in [2.75, 3.05) is 0 Å². The topological polar surface area (TPSA) is 25.8 Å². The van der Waals surface area contributed by atoms with Gasteiger partial charge in [-0.2, -0.15) is 0 Å². The maximum absolute atomic E-state index is 4.49. The first-order valence-corrected chi connectivity index (χ1v) is 7.37. The summed E-state index contributed by atoms with van der Waals surface area (Å²) < 4.78 is 0. The van der Waals surface area contributed by atoms with Crippen LogP contribution in [0.2, 0.25) is 0 Å². The third-order valence-corrected chi connectivity index (χ3v) is 5.52. The standard InChI is InChI=1S/C16H24N2/c1-13-11-18-14(12-17-13)3-4-16-8-5-15(2,6-9-16)7-10-16/h11-12H,3-10H2,1-2H3. The molecule has 1 heterocycles. The molecule has 3 fully saturated rings. The number of rotatable bonds is 3. The molecule has 3 aliphatic rings. The van der Waals surface area contributed by atoms with Crippen molar-refractivity contribution in [3.8, 4) is 0 Å². The first-order chi connectivity index (χ1) is 8.59.